The zero-order valence-corrected chi connectivity index (χ0v) is 12.1. The number of piperazine rings is 1. The molecule has 0 unspecified atom stereocenters. The Hall–Kier alpha value is -0.480. The average molecular weight is 293 g/mol. The summed E-state index contributed by atoms with van der Waals surface area (Å²) >= 11 is 0. The quantitative estimate of drug-likeness (QED) is 0.892. The van der Waals surface area contributed by atoms with Crippen LogP contribution in [0.15, 0.2) is 24.3 Å². The van der Waals surface area contributed by atoms with E-state index in [9.17, 15) is 5.11 Å². The molecular weight excluding hydrogens is 271 g/mol. The minimum Gasteiger partial charge on any atom is -0.508 e. The van der Waals surface area contributed by atoms with Gasteiger partial charge in [0.1, 0.15) is 5.75 Å². The van der Waals surface area contributed by atoms with Gasteiger partial charge in [-0.3, -0.25) is 0 Å². The highest BCUT2D eigenvalue weighted by atomic mass is 35.5. The molecule has 0 amide bonds. The maximum atomic E-state index is 9.34. The molecule has 0 aliphatic carbocycles. The molecule has 0 bridgehead atoms. The van der Waals surface area contributed by atoms with Gasteiger partial charge in [-0.1, -0.05) is 12.1 Å². The SMILES string of the molecule is Cl.Cl.Oc1cccc(CCCN2CCNCC2)c1. The lowest BCUT2D eigenvalue weighted by Crippen LogP contribution is -2.43. The molecule has 0 saturated carbocycles. The monoisotopic (exact) mass is 292 g/mol. The lowest BCUT2D eigenvalue weighted by Gasteiger charge is -2.27. The van der Waals surface area contributed by atoms with Crippen LogP contribution in [0.5, 0.6) is 5.75 Å². The van der Waals surface area contributed by atoms with E-state index in [2.05, 4.69) is 16.3 Å². The number of halogens is 2. The number of nitrogens with one attached hydrogen (secondary N) is 1. The molecule has 1 heterocycles. The molecule has 0 aromatic heterocycles. The molecule has 0 atom stereocenters. The molecule has 1 aliphatic rings. The number of aryl methyl sites for hydroxylation is 1. The number of nitrogens with zero attached hydrogens (tertiary/aromatic N) is 1. The van der Waals surface area contributed by atoms with Crippen molar-refractivity contribution in [2.45, 2.75) is 12.8 Å². The molecule has 0 spiro atoms. The zero-order chi connectivity index (χ0) is 11.2. The summed E-state index contributed by atoms with van der Waals surface area (Å²) in [5, 5.41) is 12.7. The summed E-state index contributed by atoms with van der Waals surface area (Å²) in [6, 6.07) is 7.57. The van der Waals surface area contributed by atoms with Crippen LogP contribution in [0, 0.1) is 0 Å². The first-order chi connectivity index (χ1) is 7.84. The van der Waals surface area contributed by atoms with Crippen molar-refractivity contribution < 1.29 is 5.11 Å². The van der Waals surface area contributed by atoms with Crippen LogP contribution in [0.25, 0.3) is 0 Å². The van der Waals surface area contributed by atoms with Crippen molar-refractivity contribution in [2.24, 2.45) is 0 Å². The molecule has 1 aromatic carbocycles. The average Bonchev–Trinajstić information content (AvgIpc) is 2.30. The largest absolute Gasteiger partial charge is 0.508 e. The van der Waals surface area contributed by atoms with E-state index in [4.69, 9.17) is 0 Å². The number of aromatic hydroxyl groups is 1. The van der Waals surface area contributed by atoms with E-state index in [1.165, 1.54) is 25.1 Å². The fourth-order valence-corrected chi connectivity index (χ4v) is 2.15. The van der Waals surface area contributed by atoms with Gasteiger partial charge in [-0.15, -0.1) is 24.8 Å². The Balaban J connectivity index is 0.00000144. The first-order valence-electron chi connectivity index (χ1n) is 6.05. The van der Waals surface area contributed by atoms with E-state index in [1.54, 1.807) is 6.07 Å². The number of phenols is 1. The van der Waals surface area contributed by atoms with Crippen LogP contribution in [0.4, 0.5) is 0 Å². The van der Waals surface area contributed by atoms with E-state index < -0.39 is 0 Å². The highest BCUT2D eigenvalue weighted by molar-refractivity contribution is 5.85. The van der Waals surface area contributed by atoms with Crippen molar-refractivity contribution in [3.05, 3.63) is 29.8 Å². The number of hydrogen-bond donors (Lipinski definition) is 2. The van der Waals surface area contributed by atoms with Crippen molar-refractivity contribution in [3.8, 4) is 5.75 Å². The molecule has 18 heavy (non-hydrogen) atoms. The van der Waals surface area contributed by atoms with Crippen LogP contribution in [-0.4, -0.2) is 42.7 Å². The molecule has 104 valence electrons. The third-order valence-corrected chi connectivity index (χ3v) is 3.06. The molecule has 1 aromatic rings. The number of hydrogen-bond acceptors (Lipinski definition) is 3. The van der Waals surface area contributed by atoms with E-state index >= 15 is 0 Å². The zero-order valence-electron chi connectivity index (χ0n) is 10.5. The second-order valence-electron chi connectivity index (χ2n) is 4.37. The molecule has 0 radical (unpaired) electrons. The summed E-state index contributed by atoms with van der Waals surface area (Å²) in [6.45, 7) is 5.73. The molecular formula is C13H22Cl2N2O. The molecule has 2 N–H and O–H groups in total. The van der Waals surface area contributed by atoms with Crippen LogP contribution >= 0.6 is 24.8 Å². The van der Waals surface area contributed by atoms with Crippen LogP contribution in [-0.2, 0) is 6.42 Å². The molecule has 2 rings (SSSR count). The maximum absolute atomic E-state index is 9.34. The number of rotatable bonds is 4. The summed E-state index contributed by atoms with van der Waals surface area (Å²) in [5.74, 6) is 0.375. The van der Waals surface area contributed by atoms with Gasteiger partial charge < -0.3 is 15.3 Å². The number of phenolic OH excluding ortho intramolecular Hbond substituents is 1. The Morgan fingerprint density at radius 1 is 1.17 bits per heavy atom. The molecule has 1 saturated heterocycles. The third kappa shape index (κ3) is 5.91. The number of benzene rings is 1. The highest BCUT2D eigenvalue weighted by Gasteiger charge is 2.08. The normalized spacial score (nSPS) is 15.6. The summed E-state index contributed by atoms with van der Waals surface area (Å²) in [5.41, 5.74) is 1.23. The van der Waals surface area contributed by atoms with Gasteiger partial charge in [0.05, 0.1) is 0 Å². The van der Waals surface area contributed by atoms with E-state index in [0.717, 1.165) is 26.1 Å². The Kier molecular flexibility index (Phi) is 9.20. The minimum absolute atomic E-state index is 0. The van der Waals surface area contributed by atoms with Gasteiger partial charge in [0.25, 0.3) is 0 Å². The minimum atomic E-state index is 0. The van der Waals surface area contributed by atoms with E-state index in [-0.39, 0.29) is 24.8 Å². The predicted molar refractivity (Wildman–Crippen MR) is 80.2 cm³/mol. The maximum Gasteiger partial charge on any atom is 0.115 e. The Bertz CT molecular complexity index is 331. The Morgan fingerprint density at radius 3 is 2.56 bits per heavy atom. The van der Waals surface area contributed by atoms with Gasteiger partial charge >= 0.3 is 0 Å². The van der Waals surface area contributed by atoms with Crippen molar-refractivity contribution in [3.63, 3.8) is 0 Å². The van der Waals surface area contributed by atoms with Gasteiger partial charge in [-0.2, -0.15) is 0 Å². The second-order valence-corrected chi connectivity index (χ2v) is 4.37. The smallest absolute Gasteiger partial charge is 0.115 e. The molecule has 1 aliphatic heterocycles. The van der Waals surface area contributed by atoms with Crippen LogP contribution in [0.2, 0.25) is 0 Å². The van der Waals surface area contributed by atoms with Crippen molar-refractivity contribution in [1.29, 1.82) is 0 Å². The summed E-state index contributed by atoms with van der Waals surface area (Å²) < 4.78 is 0. The highest BCUT2D eigenvalue weighted by Crippen LogP contribution is 2.12. The molecule has 5 heteroatoms. The molecule has 3 nitrogen and oxygen atoms in total. The summed E-state index contributed by atoms with van der Waals surface area (Å²) in [4.78, 5) is 2.50. The Labute approximate surface area is 121 Å². The van der Waals surface area contributed by atoms with Crippen LogP contribution < -0.4 is 5.32 Å². The van der Waals surface area contributed by atoms with Crippen molar-refractivity contribution in [2.75, 3.05) is 32.7 Å². The topological polar surface area (TPSA) is 35.5 Å². The van der Waals surface area contributed by atoms with E-state index in [0.29, 0.717) is 5.75 Å². The van der Waals surface area contributed by atoms with Crippen molar-refractivity contribution >= 4 is 24.8 Å². The first-order valence-corrected chi connectivity index (χ1v) is 6.05. The third-order valence-electron chi connectivity index (χ3n) is 3.06. The second kappa shape index (κ2) is 9.45. The standard InChI is InChI=1S/C13H20N2O.2ClH/c16-13-5-1-3-12(11-13)4-2-8-15-9-6-14-7-10-15;;/h1,3,5,11,14,16H,2,4,6-10H2;2*1H. The van der Waals surface area contributed by atoms with Gasteiger partial charge in [-0.25, -0.2) is 0 Å². The summed E-state index contributed by atoms with van der Waals surface area (Å²) in [6.07, 6.45) is 2.22. The van der Waals surface area contributed by atoms with Gasteiger partial charge in [0, 0.05) is 26.2 Å². The van der Waals surface area contributed by atoms with Gasteiger partial charge in [0.15, 0.2) is 0 Å². The van der Waals surface area contributed by atoms with Gasteiger partial charge in [-0.05, 0) is 37.1 Å². The van der Waals surface area contributed by atoms with Crippen LogP contribution in [0.3, 0.4) is 0 Å². The van der Waals surface area contributed by atoms with Crippen LogP contribution in [0.1, 0.15) is 12.0 Å². The lowest BCUT2D eigenvalue weighted by atomic mass is 10.1. The fourth-order valence-electron chi connectivity index (χ4n) is 2.15. The summed E-state index contributed by atoms with van der Waals surface area (Å²) in [7, 11) is 0. The van der Waals surface area contributed by atoms with Gasteiger partial charge in [0.2, 0.25) is 0 Å². The first kappa shape index (κ1) is 17.5. The predicted octanol–water partition coefficient (Wildman–Crippen LogP) is 2.07. The fraction of sp³-hybridized carbons (Fsp3) is 0.538. The lowest BCUT2D eigenvalue weighted by molar-refractivity contribution is 0.238. The van der Waals surface area contributed by atoms with E-state index in [1.807, 2.05) is 12.1 Å². The Morgan fingerprint density at radius 2 is 1.89 bits per heavy atom. The molecule has 1 fully saturated rings. The van der Waals surface area contributed by atoms with Crippen molar-refractivity contribution in [1.82, 2.24) is 10.2 Å².